The normalized spacial score (nSPS) is 11.7. The van der Waals surface area contributed by atoms with Gasteiger partial charge in [-0.2, -0.15) is 5.10 Å². The first-order chi connectivity index (χ1) is 14.5. The lowest BCUT2D eigenvalue weighted by molar-refractivity contribution is 0.0605. The van der Waals surface area contributed by atoms with E-state index in [0.29, 0.717) is 15.7 Å². The SMILES string of the molecule is COC(=O)c1sc(N/N=c2/cc(-c3ccccc3)oc3cc(C)c(C)cc23)nc1C. The number of ether oxygens (including phenoxy) is 1. The van der Waals surface area contributed by atoms with Gasteiger partial charge in [-0.3, -0.25) is 5.43 Å². The molecule has 0 fully saturated rings. The molecule has 2 heterocycles. The number of methoxy groups -OCH3 is 1. The highest BCUT2D eigenvalue weighted by molar-refractivity contribution is 7.17. The van der Waals surface area contributed by atoms with Crippen LogP contribution >= 0.6 is 11.3 Å². The molecule has 0 spiro atoms. The van der Waals surface area contributed by atoms with Crippen LogP contribution in [0.15, 0.2) is 58.0 Å². The second kappa shape index (κ2) is 8.12. The van der Waals surface area contributed by atoms with Gasteiger partial charge in [0, 0.05) is 17.0 Å². The lowest BCUT2D eigenvalue weighted by Gasteiger charge is -2.07. The number of rotatable bonds is 4. The van der Waals surface area contributed by atoms with Crippen molar-refractivity contribution in [2.75, 3.05) is 12.5 Å². The first-order valence-corrected chi connectivity index (χ1v) is 10.2. The number of aryl methyl sites for hydroxylation is 3. The Balaban J connectivity index is 1.84. The second-order valence-corrected chi connectivity index (χ2v) is 7.94. The Morgan fingerprint density at radius 2 is 1.83 bits per heavy atom. The maximum absolute atomic E-state index is 11.8. The zero-order valence-electron chi connectivity index (χ0n) is 17.1. The number of aromatic nitrogens is 1. The van der Waals surface area contributed by atoms with Crippen LogP contribution in [0.5, 0.6) is 0 Å². The molecule has 152 valence electrons. The minimum absolute atomic E-state index is 0.403. The molecule has 2 aromatic carbocycles. The molecule has 4 rings (SSSR count). The van der Waals surface area contributed by atoms with E-state index >= 15 is 0 Å². The third kappa shape index (κ3) is 3.84. The lowest BCUT2D eigenvalue weighted by atomic mass is 10.1. The van der Waals surface area contributed by atoms with Gasteiger partial charge >= 0.3 is 5.97 Å². The summed E-state index contributed by atoms with van der Waals surface area (Å²) < 4.78 is 11.0. The Labute approximate surface area is 177 Å². The standard InChI is InChI=1S/C23H21N3O3S/c1-13-10-17-18(25-26-23-24-15(3)21(30-23)22(27)28-4)12-19(16-8-6-5-7-9-16)29-20(17)11-14(13)2/h5-12H,1-4H3,(H,24,26)/b25-18-. The smallest absolute Gasteiger partial charge is 0.350 e. The van der Waals surface area contributed by atoms with Crippen LogP contribution in [0.25, 0.3) is 22.3 Å². The number of benzene rings is 2. The summed E-state index contributed by atoms with van der Waals surface area (Å²) in [4.78, 5) is 16.7. The summed E-state index contributed by atoms with van der Waals surface area (Å²) in [5.74, 6) is 0.317. The van der Waals surface area contributed by atoms with Gasteiger partial charge in [0.2, 0.25) is 5.13 Å². The van der Waals surface area contributed by atoms with Gasteiger partial charge in [-0.05, 0) is 44.0 Å². The van der Waals surface area contributed by atoms with Crippen molar-refractivity contribution in [3.05, 3.63) is 75.6 Å². The van der Waals surface area contributed by atoms with E-state index in [1.165, 1.54) is 18.4 Å². The highest BCUT2D eigenvalue weighted by Gasteiger charge is 2.15. The average Bonchev–Trinajstić information content (AvgIpc) is 3.13. The maximum Gasteiger partial charge on any atom is 0.350 e. The summed E-state index contributed by atoms with van der Waals surface area (Å²) >= 11 is 1.21. The van der Waals surface area contributed by atoms with E-state index in [2.05, 4.69) is 35.4 Å². The van der Waals surface area contributed by atoms with Crippen LogP contribution in [0.3, 0.4) is 0 Å². The van der Waals surface area contributed by atoms with Gasteiger partial charge in [0.1, 0.15) is 16.2 Å². The van der Waals surface area contributed by atoms with Crippen molar-refractivity contribution >= 4 is 33.4 Å². The number of anilines is 1. The number of fused-ring (bicyclic) bond motifs is 1. The van der Waals surface area contributed by atoms with Crippen LogP contribution in [0.1, 0.15) is 26.5 Å². The molecule has 0 unspecified atom stereocenters. The molecular formula is C23H21N3O3S. The van der Waals surface area contributed by atoms with Crippen LogP contribution in [0, 0.1) is 20.8 Å². The molecule has 0 saturated heterocycles. The number of carbonyl (C=O) groups is 1. The maximum atomic E-state index is 11.8. The quantitative estimate of drug-likeness (QED) is 0.364. The van der Waals surface area contributed by atoms with Crippen molar-refractivity contribution in [1.29, 1.82) is 0 Å². The monoisotopic (exact) mass is 419 g/mol. The fraction of sp³-hybridized carbons (Fsp3) is 0.174. The van der Waals surface area contributed by atoms with E-state index in [4.69, 9.17) is 9.15 Å². The molecule has 6 nitrogen and oxygen atoms in total. The Morgan fingerprint density at radius 3 is 2.57 bits per heavy atom. The van der Waals surface area contributed by atoms with Gasteiger partial charge in [-0.25, -0.2) is 9.78 Å². The number of hydrogen-bond acceptors (Lipinski definition) is 7. The molecule has 4 aromatic rings. The van der Waals surface area contributed by atoms with E-state index in [9.17, 15) is 4.79 Å². The molecule has 0 amide bonds. The fourth-order valence-corrected chi connectivity index (χ4v) is 3.92. The molecule has 0 atom stereocenters. The minimum atomic E-state index is -0.403. The second-order valence-electron chi connectivity index (χ2n) is 6.94. The third-order valence-corrected chi connectivity index (χ3v) is 5.90. The van der Waals surface area contributed by atoms with Crippen LogP contribution in [-0.4, -0.2) is 18.1 Å². The molecule has 1 N–H and O–H groups in total. The zero-order valence-corrected chi connectivity index (χ0v) is 18.0. The van der Waals surface area contributed by atoms with Gasteiger partial charge in [-0.15, -0.1) is 0 Å². The lowest BCUT2D eigenvalue weighted by Crippen LogP contribution is -2.08. The number of nitrogens with one attached hydrogen (secondary N) is 1. The fourth-order valence-electron chi connectivity index (χ4n) is 3.10. The molecular weight excluding hydrogens is 398 g/mol. The van der Waals surface area contributed by atoms with Crippen LogP contribution in [0.2, 0.25) is 0 Å². The Kier molecular flexibility index (Phi) is 5.37. The summed E-state index contributed by atoms with van der Waals surface area (Å²) in [6.07, 6.45) is 0. The first-order valence-electron chi connectivity index (χ1n) is 9.42. The van der Waals surface area contributed by atoms with Gasteiger partial charge in [0.15, 0.2) is 0 Å². The molecule has 0 aliphatic rings. The molecule has 0 saturated carbocycles. The first kappa shape index (κ1) is 19.8. The Bertz CT molecular complexity index is 1310. The van der Waals surface area contributed by atoms with Crippen molar-refractivity contribution in [3.63, 3.8) is 0 Å². The Morgan fingerprint density at radius 1 is 1.10 bits per heavy atom. The number of carbonyl (C=O) groups excluding carboxylic acids is 1. The van der Waals surface area contributed by atoms with Gasteiger partial charge in [0.25, 0.3) is 0 Å². The summed E-state index contributed by atoms with van der Waals surface area (Å²) in [6, 6.07) is 15.9. The number of esters is 1. The topological polar surface area (TPSA) is 76.7 Å². The van der Waals surface area contributed by atoms with Crippen molar-refractivity contribution in [2.24, 2.45) is 5.10 Å². The van der Waals surface area contributed by atoms with Gasteiger partial charge < -0.3 is 9.15 Å². The number of hydrogen-bond donors (Lipinski definition) is 1. The third-order valence-electron chi connectivity index (χ3n) is 4.86. The molecule has 0 aliphatic carbocycles. The average molecular weight is 420 g/mol. The van der Waals surface area contributed by atoms with E-state index < -0.39 is 5.97 Å². The van der Waals surface area contributed by atoms with Crippen molar-refractivity contribution in [2.45, 2.75) is 20.8 Å². The largest absolute Gasteiger partial charge is 0.465 e. The van der Waals surface area contributed by atoms with Crippen molar-refractivity contribution in [1.82, 2.24) is 4.98 Å². The predicted octanol–water partition coefficient (Wildman–Crippen LogP) is 5.20. The van der Waals surface area contributed by atoms with E-state index in [1.54, 1.807) is 6.92 Å². The highest BCUT2D eigenvalue weighted by atomic mass is 32.1. The van der Waals surface area contributed by atoms with E-state index in [1.807, 2.05) is 42.5 Å². The number of nitrogens with zero attached hydrogens (tertiary/aromatic N) is 2. The van der Waals surface area contributed by atoms with Crippen LogP contribution < -0.4 is 10.8 Å². The molecule has 0 aliphatic heterocycles. The summed E-state index contributed by atoms with van der Waals surface area (Å²) in [5.41, 5.74) is 7.61. The number of thiazole rings is 1. The highest BCUT2D eigenvalue weighted by Crippen LogP contribution is 2.25. The van der Waals surface area contributed by atoms with Crippen LogP contribution in [0.4, 0.5) is 5.13 Å². The zero-order chi connectivity index (χ0) is 21.3. The summed E-state index contributed by atoms with van der Waals surface area (Å²) in [6.45, 7) is 5.88. The summed E-state index contributed by atoms with van der Waals surface area (Å²) in [7, 11) is 1.36. The molecule has 0 bridgehead atoms. The summed E-state index contributed by atoms with van der Waals surface area (Å²) in [5, 5.41) is 6.73. The predicted molar refractivity (Wildman–Crippen MR) is 119 cm³/mol. The Hall–Kier alpha value is -3.45. The minimum Gasteiger partial charge on any atom is -0.465 e. The molecule has 0 radical (unpaired) electrons. The van der Waals surface area contributed by atoms with Gasteiger partial charge in [-0.1, -0.05) is 41.7 Å². The van der Waals surface area contributed by atoms with Crippen LogP contribution in [-0.2, 0) is 4.74 Å². The molecule has 2 aromatic heterocycles. The van der Waals surface area contributed by atoms with Crippen molar-refractivity contribution < 1.29 is 13.9 Å². The van der Waals surface area contributed by atoms with Gasteiger partial charge in [0.05, 0.1) is 18.2 Å². The molecule has 30 heavy (non-hydrogen) atoms. The van der Waals surface area contributed by atoms with E-state index in [0.717, 1.165) is 38.8 Å². The van der Waals surface area contributed by atoms with Crippen molar-refractivity contribution in [3.8, 4) is 11.3 Å². The van der Waals surface area contributed by atoms with E-state index in [-0.39, 0.29) is 0 Å². The molecule has 7 heteroatoms.